The standard InChI is InChI=1S/C33H34N4O4/c1-20(2)32(40)36-14-16-37(17-15-36)33(41)24-12-10-22(11-13-24)28-30(23-8-6-21(19-38)7-9-23)35-26-5-3-4-25-27(39)18-34-31(28)29(25)26/h3-13,20,28,30,35,38H,14-19H2,1-2H3. The molecule has 0 bridgehead atoms. The van der Waals surface area contributed by atoms with Gasteiger partial charge in [0.2, 0.25) is 5.91 Å². The lowest BCUT2D eigenvalue weighted by atomic mass is 9.75. The number of amides is 2. The first-order valence-corrected chi connectivity index (χ1v) is 14.2. The Kier molecular flexibility index (Phi) is 7.17. The molecular formula is C33H34N4O4. The molecular weight excluding hydrogens is 516 g/mol. The molecule has 3 aliphatic rings. The van der Waals surface area contributed by atoms with Crippen molar-refractivity contribution in [2.24, 2.45) is 10.9 Å². The number of ketones is 1. The zero-order valence-corrected chi connectivity index (χ0v) is 23.3. The fraction of sp³-hybridized carbons (Fsp3) is 0.333. The van der Waals surface area contributed by atoms with Crippen LogP contribution in [0.25, 0.3) is 0 Å². The van der Waals surface area contributed by atoms with Gasteiger partial charge in [0.05, 0.1) is 24.3 Å². The number of nitrogens with one attached hydrogen (secondary N) is 1. The molecule has 0 aromatic heterocycles. The van der Waals surface area contributed by atoms with Crippen LogP contribution in [0.5, 0.6) is 0 Å². The number of benzene rings is 3. The Labute approximate surface area is 239 Å². The van der Waals surface area contributed by atoms with E-state index >= 15 is 0 Å². The molecule has 8 heteroatoms. The van der Waals surface area contributed by atoms with E-state index in [4.69, 9.17) is 4.99 Å². The van der Waals surface area contributed by atoms with E-state index in [0.29, 0.717) is 37.3 Å². The molecule has 2 atom stereocenters. The molecule has 0 aliphatic carbocycles. The average molecular weight is 551 g/mol. The van der Waals surface area contributed by atoms with Crippen LogP contribution in [-0.2, 0) is 11.4 Å². The van der Waals surface area contributed by atoms with Gasteiger partial charge < -0.3 is 20.2 Å². The number of nitrogens with zero attached hydrogens (tertiary/aromatic N) is 3. The Balaban J connectivity index is 1.30. The number of aliphatic hydroxyl groups excluding tert-OH is 1. The predicted molar refractivity (Wildman–Crippen MR) is 157 cm³/mol. The number of hydrogen-bond acceptors (Lipinski definition) is 6. The Bertz CT molecular complexity index is 1520. The van der Waals surface area contributed by atoms with Gasteiger partial charge in [-0.1, -0.05) is 62.4 Å². The minimum absolute atomic E-state index is 0.00744. The number of aliphatic hydroxyl groups is 1. The molecule has 41 heavy (non-hydrogen) atoms. The Hall–Kier alpha value is -4.30. The smallest absolute Gasteiger partial charge is 0.253 e. The maximum absolute atomic E-state index is 13.3. The molecule has 3 aromatic carbocycles. The normalized spacial score (nSPS) is 19.9. The van der Waals surface area contributed by atoms with Crippen molar-refractivity contribution in [3.63, 3.8) is 0 Å². The second-order valence-corrected chi connectivity index (χ2v) is 11.2. The van der Waals surface area contributed by atoms with Crippen molar-refractivity contribution in [3.05, 3.63) is 100 Å². The molecule has 2 amide bonds. The third kappa shape index (κ3) is 4.93. The van der Waals surface area contributed by atoms with Crippen molar-refractivity contribution in [2.45, 2.75) is 32.4 Å². The summed E-state index contributed by atoms with van der Waals surface area (Å²) >= 11 is 0. The quantitative estimate of drug-likeness (QED) is 0.499. The maximum Gasteiger partial charge on any atom is 0.253 e. The molecule has 3 aromatic rings. The first-order valence-electron chi connectivity index (χ1n) is 14.2. The molecule has 6 rings (SSSR count). The molecule has 2 N–H and O–H groups in total. The summed E-state index contributed by atoms with van der Waals surface area (Å²) in [6.07, 6.45) is 0. The highest BCUT2D eigenvalue weighted by atomic mass is 16.3. The third-order valence-electron chi connectivity index (χ3n) is 8.36. The zero-order chi connectivity index (χ0) is 28.7. The van der Waals surface area contributed by atoms with Crippen LogP contribution < -0.4 is 5.32 Å². The summed E-state index contributed by atoms with van der Waals surface area (Å²) in [5.41, 5.74) is 6.75. The number of Topliss-reactive ketones (excluding diaryl/α,β-unsaturated/α-hetero) is 1. The molecule has 3 aliphatic heterocycles. The molecule has 8 nitrogen and oxygen atoms in total. The Morgan fingerprint density at radius 3 is 2.24 bits per heavy atom. The van der Waals surface area contributed by atoms with Gasteiger partial charge in [-0.15, -0.1) is 0 Å². The van der Waals surface area contributed by atoms with E-state index in [1.54, 1.807) is 0 Å². The summed E-state index contributed by atoms with van der Waals surface area (Å²) in [5, 5.41) is 13.2. The van der Waals surface area contributed by atoms with Crippen LogP contribution in [0, 0.1) is 5.92 Å². The van der Waals surface area contributed by atoms with Gasteiger partial charge in [0, 0.05) is 54.5 Å². The van der Waals surface area contributed by atoms with E-state index in [-0.39, 0.29) is 48.6 Å². The summed E-state index contributed by atoms with van der Waals surface area (Å²) in [7, 11) is 0. The molecule has 2 unspecified atom stereocenters. The Morgan fingerprint density at radius 2 is 1.59 bits per heavy atom. The molecule has 210 valence electrons. The number of carbonyl (C=O) groups excluding carboxylic acids is 3. The van der Waals surface area contributed by atoms with E-state index in [9.17, 15) is 19.5 Å². The highest BCUT2D eigenvalue weighted by molar-refractivity contribution is 6.21. The van der Waals surface area contributed by atoms with Gasteiger partial charge in [-0.25, -0.2) is 0 Å². The van der Waals surface area contributed by atoms with Gasteiger partial charge in [-0.3, -0.25) is 19.4 Å². The van der Waals surface area contributed by atoms with Crippen molar-refractivity contribution in [1.29, 1.82) is 0 Å². The number of aliphatic imine (C=N–C) groups is 1. The number of rotatable bonds is 5. The van der Waals surface area contributed by atoms with Gasteiger partial charge in [-0.2, -0.15) is 0 Å². The first-order chi connectivity index (χ1) is 19.9. The minimum Gasteiger partial charge on any atom is -0.392 e. The fourth-order valence-electron chi connectivity index (χ4n) is 6.13. The number of piperazine rings is 1. The number of anilines is 1. The average Bonchev–Trinajstić information content (AvgIpc) is 3.02. The van der Waals surface area contributed by atoms with Gasteiger partial charge in [-0.05, 0) is 34.9 Å². The maximum atomic E-state index is 13.3. The topological polar surface area (TPSA) is 102 Å². The SMILES string of the molecule is CC(C)C(=O)N1CCN(C(=O)c2ccc(C3C4=NCC(=O)c5cccc(c54)NC3c3ccc(CO)cc3)cc2)CC1. The van der Waals surface area contributed by atoms with Crippen LogP contribution >= 0.6 is 0 Å². The fourth-order valence-corrected chi connectivity index (χ4v) is 6.13. The third-order valence-corrected chi connectivity index (χ3v) is 8.36. The summed E-state index contributed by atoms with van der Waals surface area (Å²) in [5.74, 6) is -0.149. The van der Waals surface area contributed by atoms with Crippen LogP contribution in [0.4, 0.5) is 5.69 Å². The lowest BCUT2D eigenvalue weighted by Gasteiger charge is -2.39. The van der Waals surface area contributed by atoms with Gasteiger partial charge >= 0.3 is 0 Å². The largest absolute Gasteiger partial charge is 0.392 e. The molecule has 1 fully saturated rings. The van der Waals surface area contributed by atoms with E-state index in [1.165, 1.54) is 0 Å². The predicted octanol–water partition coefficient (Wildman–Crippen LogP) is 4.06. The van der Waals surface area contributed by atoms with Crippen LogP contribution in [-0.4, -0.2) is 70.9 Å². The van der Waals surface area contributed by atoms with Crippen molar-refractivity contribution < 1.29 is 19.5 Å². The molecule has 0 saturated carbocycles. The van der Waals surface area contributed by atoms with E-state index < -0.39 is 0 Å². The van der Waals surface area contributed by atoms with Crippen molar-refractivity contribution in [1.82, 2.24) is 9.80 Å². The Morgan fingerprint density at radius 1 is 0.927 bits per heavy atom. The first kappa shape index (κ1) is 26.9. The van der Waals surface area contributed by atoms with Crippen LogP contribution in [0.3, 0.4) is 0 Å². The lowest BCUT2D eigenvalue weighted by molar-refractivity contribution is -0.135. The number of hydrogen-bond donors (Lipinski definition) is 2. The van der Waals surface area contributed by atoms with E-state index in [1.807, 2.05) is 90.4 Å². The molecule has 0 spiro atoms. The second-order valence-electron chi connectivity index (χ2n) is 11.2. The lowest BCUT2D eigenvalue weighted by Crippen LogP contribution is -2.51. The van der Waals surface area contributed by atoms with Gasteiger partial charge in [0.25, 0.3) is 5.91 Å². The van der Waals surface area contributed by atoms with Crippen molar-refractivity contribution in [2.75, 3.05) is 38.0 Å². The van der Waals surface area contributed by atoms with Gasteiger partial charge in [0.15, 0.2) is 5.78 Å². The highest BCUT2D eigenvalue weighted by Gasteiger charge is 2.39. The minimum atomic E-state index is -0.188. The van der Waals surface area contributed by atoms with Crippen molar-refractivity contribution in [3.8, 4) is 0 Å². The van der Waals surface area contributed by atoms with Crippen LogP contribution in [0.15, 0.2) is 71.7 Å². The summed E-state index contributed by atoms with van der Waals surface area (Å²) in [6.45, 7) is 6.00. The van der Waals surface area contributed by atoms with E-state index in [0.717, 1.165) is 33.7 Å². The van der Waals surface area contributed by atoms with Crippen LogP contribution in [0.2, 0.25) is 0 Å². The van der Waals surface area contributed by atoms with Crippen molar-refractivity contribution >= 4 is 29.0 Å². The molecule has 3 heterocycles. The second kappa shape index (κ2) is 10.9. The van der Waals surface area contributed by atoms with E-state index in [2.05, 4.69) is 5.32 Å². The summed E-state index contributed by atoms with van der Waals surface area (Å²) < 4.78 is 0. The highest BCUT2D eigenvalue weighted by Crippen LogP contribution is 2.45. The summed E-state index contributed by atoms with van der Waals surface area (Å²) in [4.78, 5) is 46.9. The molecule has 0 radical (unpaired) electrons. The monoisotopic (exact) mass is 550 g/mol. The van der Waals surface area contributed by atoms with Gasteiger partial charge in [0.1, 0.15) is 6.54 Å². The molecule has 1 saturated heterocycles. The zero-order valence-electron chi connectivity index (χ0n) is 23.3. The number of carbonyl (C=O) groups is 3. The summed E-state index contributed by atoms with van der Waals surface area (Å²) in [6, 6.07) is 21.2. The van der Waals surface area contributed by atoms with Crippen LogP contribution in [0.1, 0.15) is 68.8 Å².